The lowest BCUT2D eigenvalue weighted by molar-refractivity contribution is -0.121. The second-order valence-electron chi connectivity index (χ2n) is 7.84. The van der Waals surface area contributed by atoms with Crippen LogP contribution in [0.25, 0.3) is 0 Å². The molecule has 1 aromatic rings. The molecule has 0 bridgehead atoms. The van der Waals surface area contributed by atoms with Gasteiger partial charge in [0, 0.05) is 13.1 Å². The van der Waals surface area contributed by atoms with Crippen molar-refractivity contribution in [3.8, 4) is 5.75 Å². The van der Waals surface area contributed by atoms with Gasteiger partial charge in [0.05, 0.1) is 22.3 Å². The SMILES string of the molecule is CCS(=O)(=O)c1ccc(O)c(NC(=O)C2CCCN(C(=O)OC(C)(C)C)C2)c1. The zero-order valence-corrected chi connectivity index (χ0v) is 17.5. The predicted octanol–water partition coefficient (Wildman–Crippen LogP) is 2.77. The van der Waals surface area contributed by atoms with E-state index in [4.69, 9.17) is 4.74 Å². The molecule has 1 saturated heterocycles. The lowest BCUT2D eigenvalue weighted by Gasteiger charge is -2.33. The van der Waals surface area contributed by atoms with Crippen molar-refractivity contribution < 1.29 is 27.9 Å². The van der Waals surface area contributed by atoms with Gasteiger partial charge in [-0.1, -0.05) is 6.92 Å². The fourth-order valence-corrected chi connectivity index (χ4v) is 3.80. The van der Waals surface area contributed by atoms with Gasteiger partial charge in [0.1, 0.15) is 11.4 Å². The summed E-state index contributed by atoms with van der Waals surface area (Å²) in [6.45, 7) is 7.56. The summed E-state index contributed by atoms with van der Waals surface area (Å²) in [7, 11) is -3.47. The Morgan fingerprint density at radius 2 is 2.00 bits per heavy atom. The molecule has 156 valence electrons. The minimum absolute atomic E-state index is 0.0297. The Morgan fingerprint density at radius 3 is 2.61 bits per heavy atom. The first-order valence-electron chi connectivity index (χ1n) is 9.27. The standard InChI is InChI=1S/C19H28N2O6S/c1-5-28(25,26)14-8-9-16(22)15(11-14)20-17(23)13-7-6-10-21(12-13)18(24)27-19(2,3)4/h8-9,11,13,22H,5-7,10,12H2,1-4H3,(H,20,23). The third-order valence-corrected chi connectivity index (χ3v) is 6.14. The van der Waals surface area contributed by atoms with Gasteiger partial charge in [0.2, 0.25) is 5.91 Å². The Kier molecular flexibility index (Phi) is 6.59. The molecule has 2 N–H and O–H groups in total. The fourth-order valence-electron chi connectivity index (χ4n) is 2.89. The summed E-state index contributed by atoms with van der Waals surface area (Å²) in [5.41, 5.74) is -0.586. The summed E-state index contributed by atoms with van der Waals surface area (Å²) >= 11 is 0. The zero-order chi connectivity index (χ0) is 21.1. The minimum atomic E-state index is -3.47. The van der Waals surface area contributed by atoms with Crippen LogP contribution < -0.4 is 5.32 Å². The van der Waals surface area contributed by atoms with Crippen LogP contribution in [0.5, 0.6) is 5.75 Å². The average molecular weight is 413 g/mol. The van der Waals surface area contributed by atoms with Crippen molar-refractivity contribution in [1.29, 1.82) is 0 Å². The number of carbonyl (C=O) groups excluding carboxylic acids is 2. The number of ether oxygens (including phenoxy) is 1. The molecule has 1 aliphatic heterocycles. The average Bonchev–Trinajstić information content (AvgIpc) is 2.62. The van der Waals surface area contributed by atoms with Gasteiger partial charge in [0.25, 0.3) is 0 Å². The van der Waals surface area contributed by atoms with Crippen LogP contribution in [-0.2, 0) is 19.4 Å². The summed E-state index contributed by atoms with van der Waals surface area (Å²) in [6.07, 6.45) is 0.760. The molecule has 0 aliphatic carbocycles. The second-order valence-corrected chi connectivity index (χ2v) is 10.1. The number of hydrogen-bond donors (Lipinski definition) is 2. The van der Waals surface area contributed by atoms with Crippen molar-refractivity contribution in [3.05, 3.63) is 18.2 Å². The maximum Gasteiger partial charge on any atom is 0.410 e. The van der Waals surface area contributed by atoms with E-state index in [0.717, 1.165) is 0 Å². The highest BCUT2D eigenvalue weighted by atomic mass is 32.2. The van der Waals surface area contributed by atoms with E-state index in [1.807, 2.05) is 0 Å². The molecule has 0 radical (unpaired) electrons. The van der Waals surface area contributed by atoms with Crippen LogP contribution in [0.4, 0.5) is 10.5 Å². The largest absolute Gasteiger partial charge is 0.506 e. The Labute approximate surface area is 165 Å². The number of aromatic hydroxyl groups is 1. The zero-order valence-electron chi connectivity index (χ0n) is 16.7. The van der Waals surface area contributed by atoms with Gasteiger partial charge < -0.3 is 20.1 Å². The molecule has 1 aromatic carbocycles. The number of hydrogen-bond acceptors (Lipinski definition) is 6. The minimum Gasteiger partial charge on any atom is -0.506 e. The molecule has 1 fully saturated rings. The molecule has 1 aliphatic rings. The first kappa shape index (κ1) is 22.0. The van der Waals surface area contributed by atoms with E-state index in [1.165, 1.54) is 30.0 Å². The fraction of sp³-hybridized carbons (Fsp3) is 0.579. The van der Waals surface area contributed by atoms with Crippen LogP contribution in [0, 0.1) is 5.92 Å². The van der Waals surface area contributed by atoms with Gasteiger partial charge in [-0.25, -0.2) is 13.2 Å². The first-order chi connectivity index (χ1) is 12.9. The van der Waals surface area contributed by atoms with E-state index in [-0.39, 0.29) is 34.5 Å². The Hall–Kier alpha value is -2.29. The molecule has 28 heavy (non-hydrogen) atoms. The molecule has 2 amide bonds. The Balaban J connectivity index is 2.10. The van der Waals surface area contributed by atoms with Crippen LogP contribution in [-0.4, -0.2) is 54.9 Å². The molecule has 0 aromatic heterocycles. The van der Waals surface area contributed by atoms with Crippen LogP contribution in [0.15, 0.2) is 23.1 Å². The molecule has 9 heteroatoms. The maximum atomic E-state index is 12.7. The predicted molar refractivity (Wildman–Crippen MR) is 105 cm³/mol. The highest BCUT2D eigenvalue weighted by Crippen LogP contribution is 2.28. The van der Waals surface area contributed by atoms with Gasteiger partial charge >= 0.3 is 6.09 Å². The maximum absolute atomic E-state index is 12.7. The van der Waals surface area contributed by atoms with E-state index < -0.39 is 27.4 Å². The Morgan fingerprint density at radius 1 is 1.32 bits per heavy atom. The molecular formula is C19H28N2O6S. The molecule has 0 saturated carbocycles. The van der Waals surface area contributed by atoms with Crippen LogP contribution in [0.2, 0.25) is 0 Å². The molecule has 1 atom stereocenters. The van der Waals surface area contributed by atoms with Crippen LogP contribution >= 0.6 is 0 Å². The molecule has 2 rings (SSSR count). The topological polar surface area (TPSA) is 113 Å². The summed E-state index contributed by atoms with van der Waals surface area (Å²) in [4.78, 5) is 26.4. The number of piperidine rings is 1. The number of nitrogens with one attached hydrogen (secondary N) is 1. The van der Waals surface area contributed by atoms with E-state index in [0.29, 0.717) is 19.4 Å². The number of carbonyl (C=O) groups is 2. The van der Waals surface area contributed by atoms with Crippen molar-refractivity contribution in [2.45, 2.75) is 51.0 Å². The summed E-state index contributed by atoms with van der Waals surface area (Å²) < 4.78 is 29.4. The lowest BCUT2D eigenvalue weighted by Crippen LogP contribution is -2.45. The number of phenolic OH excluding ortho intramolecular Hbond substituents is 1. The molecule has 1 heterocycles. The lowest BCUT2D eigenvalue weighted by atomic mass is 9.97. The summed E-state index contributed by atoms with van der Waals surface area (Å²) in [6, 6.07) is 3.79. The summed E-state index contributed by atoms with van der Waals surface area (Å²) in [5.74, 6) is -1.16. The summed E-state index contributed by atoms with van der Waals surface area (Å²) in [5, 5.41) is 12.6. The van der Waals surface area contributed by atoms with E-state index in [2.05, 4.69) is 5.32 Å². The number of sulfone groups is 1. The second kappa shape index (κ2) is 8.38. The van der Waals surface area contributed by atoms with E-state index in [9.17, 15) is 23.1 Å². The number of benzene rings is 1. The van der Waals surface area contributed by atoms with Crippen molar-refractivity contribution >= 4 is 27.5 Å². The van der Waals surface area contributed by atoms with E-state index >= 15 is 0 Å². The van der Waals surface area contributed by atoms with Crippen molar-refractivity contribution in [2.24, 2.45) is 5.92 Å². The van der Waals surface area contributed by atoms with E-state index in [1.54, 1.807) is 20.8 Å². The highest BCUT2D eigenvalue weighted by Gasteiger charge is 2.31. The third kappa shape index (κ3) is 5.60. The van der Waals surface area contributed by atoms with Gasteiger partial charge in [-0.15, -0.1) is 0 Å². The quantitative estimate of drug-likeness (QED) is 0.735. The smallest absolute Gasteiger partial charge is 0.410 e. The van der Waals surface area contributed by atoms with Gasteiger partial charge in [-0.3, -0.25) is 4.79 Å². The highest BCUT2D eigenvalue weighted by molar-refractivity contribution is 7.91. The van der Waals surface area contributed by atoms with Crippen LogP contribution in [0.3, 0.4) is 0 Å². The number of nitrogens with zero attached hydrogens (tertiary/aromatic N) is 1. The first-order valence-corrected chi connectivity index (χ1v) is 10.9. The monoisotopic (exact) mass is 412 g/mol. The van der Waals surface area contributed by atoms with Gasteiger partial charge in [-0.05, 0) is 51.8 Å². The number of anilines is 1. The van der Waals surface area contributed by atoms with Crippen molar-refractivity contribution in [1.82, 2.24) is 4.90 Å². The Bertz CT molecular complexity index is 844. The molecule has 8 nitrogen and oxygen atoms in total. The van der Waals surface area contributed by atoms with Crippen molar-refractivity contribution in [3.63, 3.8) is 0 Å². The number of rotatable bonds is 4. The molecular weight excluding hydrogens is 384 g/mol. The molecule has 0 spiro atoms. The van der Waals surface area contributed by atoms with Crippen molar-refractivity contribution in [2.75, 3.05) is 24.2 Å². The normalized spacial score (nSPS) is 17.9. The van der Waals surface area contributed by atoms with Gasteiger partial charge in [-0.2, -0.15) is 0 Å². The third-order valence-electron chi connectivity index (χ3n) is 4.41. The number of amides is 2. The van der Waals surface area contributed by atoms with Gasteiger partial charge in [0.15, 0.2) is 9.84 Å². The van der Waals surface area contributed by atoms with Crippen LogP contribution in [0.1, 0.15) is 40.5 Å². The number of phenols is 1. The molecule has 1 unspecified atom stereocenters. The number of likely N-dealkylation sites (tertiary alicyclic amines) is 1.